The molecule has 2 rings (SSSR count). The SMILES string of the molecule is CC1CC(CC(=O)N2CCNC[C@@H]2C)CC(C)(C)C1. The summed E-state index contributed by atoms with van der Waals surface area (Å²) < 4.78 is 0. The van der Waals surface area contributed by atoms with Crippen molar-refractivity contribution in [1.82, 2.24) is 10.2 Å². The maximum atomic E-state index is 12.5. The lowest BCUT2D eigenvalue weighted by molar-refractivity contribution is -0.135. The lowest BCUT2D eigenvalue weighted by Gasteiger charge is -2.40. The maximum Gasteiger partial charge on any atom is 0.223 e. The van der Waals surface area contributed by atoms with Crippen molar-refractivity contribution in [1.29, 1.82) is 0 Å². The lowest BCUT2D eigenvalue weighted by Crippen LogP contribution is -2.52. The largest absolute Gasteiger partial charge is 0.337 e. The fourth-order valence-corrected chi connectivity index (χ4v) is 4.28. The highest BCUT2D eigenvalue weighted by Gasteiger charge is 2.34. The van der Waals surface area contributed by atoms with Crippen molar-refractivity contribution >= 4 is 5.91 Å². The van der Waals surface area contributed by atoms with Gasteiger partial charge < -0.3 is 10.2 Å². The number of hydrogen-bond donors (Lipinski definition) is 1. The first kappa shape index (κ1) is 14.8. The van der Waals surface area contributed by atoms with E-state index in [0.717, 1.165) is 32.0 Å². The number of hydrogen-bond acceptors (Lipinski definition) is 2. The van der Waals surface area contributed by atoms with Crippen LogP contribution in [0.1, 0.15) is 53.4 Å². The average molecular weight is 266 g/mol. The zero-order chi connectivity index (χ0) is 14.0. The molecule has 0 spiro atoms. The van der Waals surface area contributed by atoms with Gasteiger partial charge in [0.15, 0.2) is 0 Å². The van der Waals surface area contributed by atoms with Crippen LogP contribution in [0, 0.1) is 17.3 Å². The highest BCUT2D eigenvalue weighted by molar-refractivity contribution is 5.77. The second kappa shape index (κ2) is 5.82. The van der Waals surface area contributed by atoms with E-state index in [4.69, 9.17) is 0 Å². The van der Waals surface area contributed by atoms with Crippen molar-refractivity contribution in [2.24, 2.45) is 17.3 Å². The van der Waals surface area contributed by atoms with E-state index in [2.05, 4.69) is 37.9 Å². The number of nitrogens with zero attached hydrogens (tertiary/aromatic N) is 1. The minimum Gasteiger partial charge on any atom is -0.337 e. The van der Waals surface area contributed by atoms with E-state index in [-0.39, 0.29) is 0 Å². The van der Waals surface area contributed by atoms with Gasteiger partial charge in [-0.25, -0.2) is 0 Å². The van der Waals surface area contributed by atoms with Crippen molar-refractivity contribution in [2.75, 3.05) is 19.6 Å². The third-order valence-electron chi connectivity index (χ3n) is 4.76. The third kappa shape index (κ3) is 3.95. The Hall–Kier alpha value is -0.570. The van der Waals surface area contributed by atoms with E-state index in [1.807, 2.05) is 0 Å². The smallest absolute Gasteiger partial charge is 0.223 e. The molecule has 19 heavy (non-hydrogen) atoms. The van der Waals surface area contributed by atoms with Crippen LogP contribution >= 0.6 is 0 Å². The van der Waals surface area contributed by atoms with Gasteiger partial charge in [-0.1, -0.05) is 20.8 Å². The Labute approximate surface area is 118 Å². The molecule has 2 unspecified atom stereocenters. The van der Waals surface area contributed by atoms with Crippen LogP contribution in [0.2, 0.25) is 0 Å². The quantitative estimate of drug-likeness (QED) is 0.833. The Kier molecular flexibility index (Phi) is 4.54. The summed E-state index contributed by atoms with van der Waals surface area (Å²) in [5.74, 6) is 1.74. The van der Waals surface area contributed by atoms with Crippen LogP contribution in [-0.2, 0) is 4.79 Å². The molecule has 1 aliphatic heterocycles. The molecule has 1 amide bonds. The predicted octanol–water partition coefficient (Wildman–Crippen LogP) is 2.66. The van der Waals surface area contributed by atoms with Gasteiger partial charge in [0.05, 0.1) is 0 Å². The van der Waals surface area contributed by atoms with Crippen molar-refractivity contribution in [3.05, 3.63) is 0 Å². The van der Waals surface area contributed by atoms with E-state index in [0.29, 0.717) is 23.3 Å². The number of amides is 1. The Bertz CT molecular complexity index is 327. The highest BCUT2D eigenvalue weighted by atomic mass is 16.2. The number of carbonyl (C=O) groups excluding carboxylic acids is 1. The Morgan fingerprint density at radius 3 is 2.68 bits per heavy atom. The second-order valence-electron chi connectivity index (χ2n) is 7.62. The van der Waals surface area contributed by atoms with Gasteiger partial charge in [0.2, 0.25) is 5.91 Å². The normalized spacial score (nSPS) is 35.2. The molecule has 1 saturated carbocycles. The molecule has 0 radical (unpaired) electrons. The van der Waals surface area contributed by atoms with Crippen molar-refractivity contribution in [2.45, 2.75) is 59.4 Å². The molecule has 0 aromatic rings. The number of carbonyl (C=O) groups is 1. The minimum absolute atomic E-state index is 0.357. The standard InChI is InChI=1S/C16H30N2O/c1-12-7-14(10-16(3,4)9-12)8-15(19)18-6-5-17-11-13(18)2/h12-14,17H,5-11H2,1-4H3/t12?,13-,14?/m0/s1. The lowest BCUT2D eigenvalue weighted by atomic mass is 9.67. The summed E-state index contributed by atoms with van der Waals surface area (Å²) in [7, 11) is 0. The van der Waals surface area contributed by atoms with E-state index < -0.39 is 0 Å². The van der Waals surface area contributed by atoms with Gasteiger partial charge in [-0.05, 0) is 43.4 Å². The summed E-state index contributed by atoms with van der Waals surface area (Å²) in [6.45, 7) is 12.0. The zero-order valence-corrected chi connectivity index (χ0v) is 13.0. The summed E-state index contributed by atoms with van der Waals surface area (Å²) in [5, 5.41) is 3.35. The molecule has 0 aromatic carbocycles. The molecule has 1 heterocycles. The molecular weight excluding hydrogens is 236 g/mol. The summed E-state index contributed by atoms with van der Waals surface area (Å²) >= 11 is 0. The summed E-state index contributed by atoms with van der Waals surface area (Å²) in [5.41, 5.74) is 0.414. The maximum absolute atomic E-state index is 12.5. The first-order valence-corrected chi connectivity index (χ1v) is 7.87. The first-order chi connectivity index (χ1) is 8.87. The van der Waals surface area contributed by atoms with Crippen LogP contribution < -0.4 is 5.32 Å². The molecule has 1 saturated heterocycles. The summed E-state index contributed by atoms with van der Waals surface area (Å²) in [6, 6.07) is 0.357. The van der Waals surface area contributed by atoms with Gasteiger partial charge in [-0.3, -0.25) is 4.79 Å². The van der Waals surface area contributed by atoms with Crippen LogP contribution in [0.5, 0.6) is 0 Å². The third-order valence-corrected chi connectivity index (χ3v) is 4.76. The van der Waals surface area contributed by atoms with Crippen molar-refractivity contribution in [3.63, 3.8) is 0 Å². The zero-order valence-electron chi connectivity index (χ0n) is 13.0. The number of piperazine rings is 1. The Balaban J connectivity index is 1.91. The van der Waals surface area contributed by atoms with Crippen LogP contribution in [-0.4, -0.2) is 36.5 Å². The van der Waals surface area contributed by atoms with E-state index in [9.17, 15) is 4.79 Å². The van der Waals surface area contributed by atoms with Gasteiger partial charge >= 0.3 is 0 Å². The minimum atomic E-state index is 0.357. The van der Waals surface area contributed by atoms with Crippen molar-refractivity contribution < 1.29 is 4.79 Å². The van der Waals surface area contributed by atoms with Crippen molar-refractivity contribution in [3.8, 4) is 0 Å². The Morgan fingerprint density at radius 2 is 2.05 bits per heavy atom. The molecular formula is C16H30N2O. The van der Waals surface area contributed by atoms with Gasteiger partial charge in [0, 0.05) is 32.1 Å². The highest BCUT2D eigenvalue weighted by Crippen LogP contribution is 2.43. The van der Waals surface area contributed by atoms with Crippen LogP contribution in [0.4, 0.5) is 0 Å². The molecule has 0 aromatic heterocycles. The fourth-order valence-electron chi connectivity index (χ4n) is 4.28. The molecule has 2 aliphatic rings. The number of rotatable bonds is 2. The second-order valence-corrected chi connectivity index (χ2v) is 7.62. The molecule has 3 nitrogen and oxygen atoms in total. The Morgan fingerprint density at radius 1 is 1.32 bits per heavy atom. The van der Waals surface area contributed by atoms with Gasteiger partial charge in [-0.15, -0.1) is 0 Å². The first-order valence-electron chi connectivity index (χ1n) is 7.87. The predicted molar refractivity (Wildman–Crippen MR) is 78.9 cm³/mol. The van der Waals surface area contributed by atoms with Crippen LogP contribution in [0.15, 0.2) is 0 Å². The molecule has 3 heteroatoms. The van der Waals surface area contributed by atoms with E-state index in [1.54, 1.807) is 0 Å². The monoisotopic (exact) mass is 266 g/mol. The van der Waals surface area contributed by atoms with E-state index in [1.165, 1.54) is 19.3 Å². The van der Waals surface area contributed by atoms with Gasteiger partial charge in [0.1, 0.15) is 0 Å². The van der Waals surface area contributed by atoms with E-state index >= 15 is 0 Å². The summed E-state index contributed by atoms with van der Waals surface area (Å²) in [4.78, 5) is 14.6. The van der Waals surface area contributed by atoms with Gasteiger partial charge in [0.25, 0.3) is 0 Å². The molecule has 0 bridgehead atoms. The van der Waals surface area contributed by atoms with Gasteiger partial charge in [-0.2, -0.15) is 0 Å². The van der Waals surface area contributed by atoms with Crippen LogP contribution in [0.25, 0.3) is 0 Å². The molecule has 1 aliphatic carbocycles. The summed E-state index contributed by atoms with van der Waals surface area (Å²) in [6.07, 6.45) is 4.51. The molecule has 1 N–H and O–H groups in total. The molecule has 2 fully saturated rings. The average Bonchev–Trinajstić information content (AvgIpc) is 2.26. The number of nitrogens with one attached hydrogen (secondary N) is 1. The molecule has 3 atom stereocenters. The molecule has 110 valence electrons. The fraction of sp³-hybridized carbons (Fsp3) is 0.938. The topological polar surface area (TPSA) is 32.3 Å². The van der Waals surface area contributed by atoms with Crippen LogP contribution in [0.3, 0.4) is 0 Å².